The molecule has 1 aromatic heterocycles. The summed E-state index contributed by atoms with van der Waals surface area (Å²) in [6, 6.07) is 14.6. The van der Waals surface area contributed by atoms with Crippen LogP contribution >= 0.6 is 23.1 Å². The zero-order valence-electron chi connectivity index (χ0n) is 16.0. The molecule has 0 saturated heterocycles. The minimum atomic E-state index is -4.73. The normalized spacial score (nSPS) is 11.2. The fraction of sp³-hybridized carbons (Fsp3) is 0.182. The van der Waals surface area contributed by atoms with E-state index in [0.717, 1.165) is 16.0 Å². The molecule has 154 valence electrons. The number of ether oxygens (including phenoxy) is 1. The zero-order chi connectivity index (χ0) is 21.9. The number of nitrogens with zero attached hydrogens (tertiary/aromatic N) is 1. The van der Waals surface area contributed by atoms with Crippen molar-refractivity contribution < 1.29 is 22.7 Å². The molecule has 0 fully saturated rings. The lowest BCUT2D eigenvalue weighted by Crippen LogP contribution is -2.03. The number of halogens is 3. The van der Waals surface area contributed by atoms with Gasteiger partial charge in [-0.25, -0.2) is 9.64 Å². The molecular weight excluding hydrogens is 431 g/mol. The van der Waals surface area contributed by atoms with E-state index in [1.54, 1.807) is 43.0 Å². The lowest BCUT2D eigenvalue weighted by atomic mass is 9.99. The molecule has 3 aromatic rings. The van der Waals surface area contributed by atoms with Crippen LogP contribution in [0.25, 0.3) is 27.1 Å². The van der Waals surface area contributed by atoms with Crippen molar-refractivity contribution >= 4 is 34.8 Å². The van der Waals surface area contributed by atoms with Crippen LogP contribution in [0.2, 0.25) is 0 Å². The molecule has 3 nitrogen and oxygen atoms in total. The van der Waals surface area contributed by atoms with Crippen molar-refractivity contribution in [1.82, 2.24) is 0 Å². The van der Waals surface area contributed by atoms with Gasteiger partial charge in [0.25, 0.3) is 0 Å². The zero-order valence-corrected chi connectivity index (χ0v) is 17.7. The molecule has 0 aliphatic carbocycles. The minimum absolute atomic E-state index is 0.0231. The summed E-state index contributed by atoms with van der Waals surface area (Å²) < 4.78 is 45.4. The van der Waals surface area contributed by atoms with Crippen molar-refractivity contribution in [3.05, 3.63) is 69.7 Å². The number of thioether (sulfide) groups is 1. The molecule has 0 saturated carbocycles. The predicted octanol–water partition coefficient (Wildman–Crippen LogP) is 7.55. The molecule has 0 aliphatic heterocycles. The first-order valence-electron chi connectivity index (χ1n) is 8.84. The molecule has 0 aliphatic rings. The van der Waals surface area contributed by atoms with Crippen molar-refractivity contribution in [3.63, 3.8) is 0 Å². The van der Waals surface area contributed by atoms with Gasteiger partial charge < -0.3 is 4.74 Å². The van der Waals surface area contributed by atoms with E-state index >= 15 is 0 Å². The highest BCUT2D eigenvalue weighted by atomic mass is 32.2. The topological polar surface area (TPSA) is 30.7 Å². The van der Waals surface area contributed by atoms with Crippen LogP contribution in [0.1, 0.15) is 21.5 Å². The maximum atomic E-state index is 13.5. The highest BCUT2D eigenvalue weighted by Crippen LogP contribution is 2.50. The smallest absolute Gasteiger partial charge is 0.416 e. The highest BCUT2D eigenvalue weighted by molar-refractivity contribution is 7.98. The van der Waals surface area contributed by atoms with Gasteiger partial charge in [-0.3, -0.25) is 0 Å². The Kier molecular flexibility index (Phi) is 6.54. The number of hydrogen-bond acceptors (Lipinski definition) is 4. The van der Waals surface area contributed by atoms with E-state index in [9.17, 15) is 18.0 Å². The molecule has 0 radical (unpaired) electrons. The number of hydrogen-bond donors (Lipinski definition) is 0. The second kappa shape index (κ2) is 8.94. The average Bonchev–Trinajstić information content (AvgIpc) is 3.14. The number of benzene rings is 2. The van der Waals surface area contributed by atoms with Crippen LogP contribution in [-0.2, 0) is 10.9 Å². The van der Waals surface area contributed by atoms with Crippen LogP contribution in [0.3, 0.4) is 0 Å². The van der Waals surface area contributed by atoms with Crippen molar-refractivity contribution in [2.45, 2.75) is 18.0 Å². The lowest BCUT2D eigenvalue weighted by Gasteiger charge is -2.10. The first kappa shape index (κ1) is 21.9. The Balaban J connectivity index is 2.16. The van der Waals surface area contributed by atoms with Gasteiger partial charge in [0.05, 0.1) is 13.2 Å². The molecule has 0 spiro atoms. The van der Waals surface area contributed by atoms with Gasteiger partial charge in [-0.1, -0.05) is 42.5 Å². The number of esters is 1. The Hall–Kier alpha value is -2.76. The van der Waals surface area contributed by atoms with E-state index in [1.807, 2.05) is 30.5 Å². The molecule has 0 atom stereocenters. The third kappa shape index (κ3) is 4.23. The van der Waals surface area contributed by atoms with Gasteiger partial charge in [0.2, 0.25) is 5.69 Å². The van der Waals surface area contributed by atoms with E-state index < -0.39 is 22.7 Å². The molecule has 0 unspecified atom stereocenters. The largest absolute Gasteiger partial charge is 0.462 e. The van der Waals surface area contributed by atoms with Crippen molar-refractivity contribution in [1.29, 1.82) is 0 Å². The molecule has 0 N–H and O–H groups in total. The Morgan fingerprint density at radius 3 is 2.33 bits per heavy atom. The summed E-state index contributed by atoms with van der Waals surface area (Å²) in [7, 11) is 0. The molecule has 0 amide bonds. The number of thiophene rings is 1. The van der Waals surface area contributed by atoms with Crippen molar-refractivity contribution in [2.75, 3.05) is 12.9 Å². The van der Waals surface area contributed by atoms with Gasteiger partial charge >= 0.3 is 12.1 Å². The van der Waals surface area contributed by atoms with Crippen LogP contribution < -0.4 is 0 Å². The van der Waals surface area contributed by atoms with Crippen LogP contribution in [0.15, 0.2) is 53.4 Å². The summed E-state index contributed by atoms with van der Waals surface area (Å²) in [5, 5.41) is 0. The van der Waals surface area contributed by atoms with Crippen LogP contribution in [-0.4, -0.2) is 18.8 Å². The van der Waals surface area contributed by atoms with E-state index in [2.05, 4.69) is 4.85 Å². The lowest BCUT2D eigenvalue weighted by molar-refractivity contribution is -0.133. The maximum absolute atomic E-state index is 13.5. The van der Waals surface area contributed by atoms with Gasteiger partial charge in [-0.15, -0.1) is 23.1 Å². The molecular formula is C22H16F3NO2S2. The third-order valence-corrected chi connectivity index (χ3v) is 6.30. The summed E-state index contributed by atoms with van der Waals surface area (Å²) in [6.07, 6.45) is -2.77. The number of alkyl halides is 3. The molecule has 2 aromatic carbocycles. The van der Waals surface area contributed by atoms with E-state index in [0.29, 0.717) is 5.56 Å². The molecule has 1 heterocycles. The number of carbonyl (C=O) groups is 1. The Morgan fingerprint density at radius 1 is 1.13 bits per heavy atom. The van der Waals surface area contributed by atoms with E-state index in [-0.39, 0.29) is 28.4 Å². The fourth-order valence-corrected chi connectivity index (χ4v) is 4.67. The molecule has 8 heteroatoms. The first-order valence-corrected chi connectivity index (χ1v) is 10.9. The average molecular weight is 448 g/mol. The van der Waals surface area contributed by atoms with Gasteiger partial charge in [-0.2, -0.15) is 13.2 Å². The molecule has 0 bridgehead atoms. The minimum Gasteiger partial charge on any atom is -0.462 e. The second-order valence-corrected chi connectivity index (χ2v) is 7.96. The Morgan fingerprint density at radius 2 is 1.77 bits per heavy atom. The Labute approximate surface area is 180 Å². The quantitative estimate of drug-likeness (QED) is 0.230. The van der Waals surface area contributed by atoms with Gasteiger partial charge in [0.1, 0.15) is 9.75 Å². The Bertz CT molecular complexity index is 1110. The summed E-state index contributed by atoms with van der Waals surface area (Å²) in [6.45, 7) is 8.91. The van der Waals surface area contributed by atoms with Crippen LogP contribution in [0.5, 0.6) is 0 Å². The summed E-state index contributed by atoms with van der Waals surface area (Å²) in [5.41, 5.74) is 1.63. The van der Waals surface area contributed by atoms with Gasteiger partial charge in [0, 0.05) is 10.5 Å². The predicted molar refractivity (Wildman–Crippen MR) is 114 cm³/mol. The standard InChI is InChI=1S/C22H16F3NO2S2/c1-4-28-21(27)19-17(18(26-2)20(30-19)22(23,24)25)14-11-9-13(10-12-14)15-7-5-6-8-16(15)29-3/h5-12H,4H2,1,3H3. The van der Waals surface area contributed by atoms with Crippen molar-refractivity contribution in [2.24, 2.45) is 0 Å². The highest BCUT2D eigenvalue weighted by Gasteiger charge is 2.40. The van der Waals surface area contributed by atoms with Crippen LogP contribution in [0.4, 0.5) is 18.9 Å². The van der Waals surface area contributed by atoms with E-state index in [1.165, 1.54) is 0 Å². The monoisotopic (exact) mass is 447 g/mol. The number of rotatable bonds is 5. The SMILES string of the molecule is [C-]#[N+]c1c(C(F)(F)F)sc(C(=O)OCC)c1-c1ccc(-c2ccccc2SC)cc1. The second-order valence-electron chi connectivity index (χ2n) is 6.09. The van der Waals surface area contributed by atoms with Crippen LogP contribution in [0, 0.1) is 6.57 Å². The maximum Gasteiger partial charge on any atom is 0.416 e. The first-order chi connectivity index (χ1) is 14.3. The van der Waals surface area contributed by atoms with Gasteiger partial charge in [-0.05, 0) is 35.9 Å². The van der Waals surface area contributed by atoms with E-state index in [4.69, 9.17) is 11.3 Å². The third-order valence-electron chi connectivity index (χ3n) is 4.30. The van der Waals surface area contributed by atoms with Gasteiger partial charge in [0.15, 0.2) is 0 Å². The summed E-state index contributed by atoms with van der Waals surface area (Å²) in [5.74, 6) is -0.866. The molecule has 3 rings (SSSR count). The molecule has 30 heavy (non-hydrogen) atoms. The summed E-state index contributed by atoms with van der Waals surface area (Å²) in [4.78, 5) is 15.2. The van der Waals surface area contributed by atoms with Crippen molar-refractivity contribution in [3.8, 4) is 22.3 Å². The summed E-state index contributed by atoms with van der Waals surface area (Å²) >= 11 is 1.84. The fourth-order valence-electron chi connectivity index (χ4n) is 3.03. The number of carbonyl (C=O) groups excluding carboxylic acids is 1.